The number of aryl methyl sites for hydroxylation is 1. The molecule has 2 aromatic rings. The summed E-state index contributed by atoms with van der Waals surface area (Å²) >= 11 is 0. The summed E-state index contributed by atoms with van der Waals surface area (Å²) in [6.07, 6.45) is 10.1. The van der Waals surface area contributed by atoms with E-state index >= 15 is 0 Å². The Morgan fingerprint density at radius 3 is 2.81 bits per heavy atom. The summed E-state index contributed by atoms with van der Waals surface area (Å²) in [6, 6.07) is 5.81. The Morgan fingerprint density at radius 2 is 2.08 bits per heavy atom. The minimum absolute atomic E-state index is 0.148. The molecule has 26 heavy (non-hydrogen) atoms. The van der Waals surface area contributed by atoms with Crippen molar-refractivity contribution < 1.29 is 4.79 Å². The summed E-state index contributed by atoms with van der Waals surface area (Å²) in [5.74, 6) is 0.722. The lowest BCUT2D eigenvalue weighted by molar-refractivity contribution is 0.161. The van der Waals surface area contributed by atoms with E-state index in [1.54, 1.807) is 12.4 Å². The number of hydrogen-bond donors (Lipinski definition) is 2. The van der Waals surface area contributed by atoms with Gasteiger partial charge in [-0.15, -0.1) is 0 Å². The fourth-order valence-corrected chi connectivity index (χ4v) is 3.44. The number of amides is 2. The van der Waals surface area contributed by atoms with Gasteiger partial charge in [-0.05, 0) is 44.0 Å². The lowest BCUT2D eigenvalue weighted by Gasteiger charge is -2.34. The van der Waals surface area contributed by atoms with E-state index in [1.165, 1.54) is 19.3 Å². The molecule has 0 aliphatic carbocycles. The van der Waals surface area contributed by atoms with E-state index in [0.29, 0.717) is 6.54 Å². The number of nitrogens with zero attached hydrogens (tertiary/aromatic N) is 4. The van der Waals surface area contributed by atoms with Crippen molar-refractivity contribution in [3.8, 4) is 0 Å². The highest BCUT2D eigenvalue weighted by atomic mass is 16.2. The number of piperidine rings is 1. The van der Waals surface area contributed by atoms with Gasteiger partial charge in [0.05, 0.1) is 12.2 Å². The Hall–Kier alpha value is -2.41. The number of pyridine rings is 1. The van der Waals surface area contributed by atoms with Gasteiger partial charge in [0.15, 0.2) is 0 Å². The van der Waals surface area contributed by atoms with Gasteiger partial charge in [0.1, 0.15) is 5.82 Å². The van der Waals surface area contributed by atoms with Crippen molar-refractivity contribution in [1.82, 2.24) is 25.0 Å². The number of rotatable bonds is 7. The van der Waals surface area contributed by atoms with Crippen LogP contribution in [0.15, 0.2) is 36.8 Å². The molecule has 1 aliphatic rings. The highest BCUT2D eigenvalue weighted by Crippen LogP contribution is 2.23. The van der Waals surface area contributed by atoms with Gasteiger partial charge in [-0.3, -0.25) is 15.2 Å². The topological polar surface area (TPSA) is 75.1 Å². The van der Waals surface area contributed by atoms with Crippen molar-refractivity contribution in [2.24, 2.45) is 0 Å². The molecule has 2 aromatic heterocycles. The van der Waals surface area contributed by atoms with E-state index in [4.69, 9.17) is 0 Å². The number of hydrogen-bond acceptors (Lipinski definition) is 4. The molecule has 1 atom stereocenters. The second-order valence-electron chi connectivity index (χ2n) is 6.67. The molecule has 0 unspecified atom stereocenters. The first-order valence-electron chi connectivity index (χ1n) is 9.48. The standard InChI is InChI=1S/C19H28N6O/c1-2-11-25-18(8-10-22-25)23-19(26)21-15-17(16-7-6-9-20-14-16)24-12-4-3-5-13-24/h6-10,14,17H,2-5,11-13,15H2,1H3,(H2,21,23,26)/t17-/m1/s1. The summed E-state index contributed by atoms with van der Waals surface area (Å²) in [4.78, 5) is 19.1. The smallest absolute Gasteiger partial charge is 0.320 e. The van der Waals surface area contributed by atoms with Gasteiger partial charge >= 0.3 is 6.03 Å². The van der Waals surface area contributed by atoms with Gasteiger partial charge in [-0.25, -0.2) is 9.48 Å². The zero-order chi connectivity index (χ0) is 18.2. The Kier molecular flexibility index (Phi) is 6.60. The van der Waals surface area contributed by atoms with Crippen molar-refractivity contribution >= 4 is 11.8 Å². The Morgan fingerprint density at radius 1 is 1.23 bits per heavy atom. The zero-order valence-electron chi connectivity index (χ0n) is 15.4. The van der Waals surface area contributed by atoms with Gasteiger partial charge in [-0.2, -0.15) is 5.10 Å². The third-order valence-electron chi connectivity index (χ3n) is 4.75. The van der Waals surface area contributed by atoms with Gasteiger partial charge in [0, 0.05) is 31.5 Å². The summed E-state index contributed by atoms with van der Waals surface area (Å²) in [5, 5.41) is 10.2. The zero-order valence-corrected chi connectivity index (χ0v) is 15.4. The highest BCUT2D eigenvalue weighted by Gasteiger charge is 2.23. The monoisotopic (exact) mass is 356 g/mol. The largest absolute Gasteiger partial charge is 0.336 e. The van der Waals surface area contributed by atoms with Gasteiger partial charge < -0.3 is 5.32 Å². The summed E-state index contributed by atoms with van der Waals surface area (Å²) in [7, 11) is 0. The second kappa shape index (κ2) is 9.33. The number of aromatic nitrogens is 3. The Labute approximate surface area is 154 Å². The van der Waals surface area contributed by atoms with Crippen LogP contribution in [0.5, 0.6) is 0 Å². The SMILES string of the molecule is CCCn1nccc1NC(=O)NC[C@H](c1cccnc1)N1CCCCC1. The molecular weight excluding hydrogens is 328 g/mol. The maximum Gasteiger partial charge on any atom is 0.320 e. The molecule has 3 heterocycles. The molecule has 2 amide bonds. The van der Waals surface area contributed by atoms with Crippen LogP contribution in [0.25, 0.3) is 0 Å². The fourth-order valence-electron chi connectivity index (χ4n) is 3.44. The van der Waals surface area contributed by atoms with Crippen LogP contribution >= 0.6 is 0 Å². The maximum absolute atomic E-state index is 12.4. The first-order valence-corrected chi connectivity index (χ1v) is 9.48. The molecule has 1 saturated heterocycles. The van der Waals surface area contributed by atoms with Crippen LogP contribution in [0.4, 0.5) is 10.6 Å². The van der Waals surface area contributed by atoms with Crippen molar-refractivity contribution in [2.45, 2.75) is 45.2 Å². The third kappa shape index (κ3) is 4.82. The lowest BCUT2D eigenvalue weighted by atomic mass is 10.0. The number of anilines is 1. The van der Waals surface area contributed by atoms with E-state index in [-0.39, 0.29) is 12.1 Å². The summed E-state index contributed by atoms with van der Waals surface area (Å²) < 4.78 is 1.81. The minimum atomic E-state index is -0.200. The fraction of sp³-hybridized carbons (Fsp3) is 0.526. The number of carbonyl (C=O) groups excluding carboxylic acids is 1. The number of nitrogens with one attached hydrogen (secondary N) is 2. The van der Waals surface area contributed by atoms with Crippen LogP contribution in [-0.2, 0) is 6.54 Å². The molecule has 0 radical (unpaired) electrons. The Bertz CT molecular complexity index is 680. The average molecular weight is 356 g/mol. The Balaban J connectivity index is 1.61. The highest BCUT2D eigenvalue weighted by molar-refractivity contribution is 5.88. The molecule has 7 nitrogen and oxygen atoms in total. The molecular formula is C19H28N6O. The van der Waals surface area contributed by atoms with Crippen LogP contribution in [0.2, 0.25) is 0 Å². The predicted molar refractivity (Wildman–Crippen MR) is 102 cm³/mol. The summed E-state index contributed by atoms with van der Waals surface area (Å²) in [5.41, 5.74) is 1.14. The predicted octanol–water partition coefficient (Wildman–Crippen LogP) is 3.04. The molecule has 7 heteroatoms. The van der Waals surface area contributed by atoms with Crippen LogP contribution in [0.3, 0.4) is 0 Å². The van der Waals surface area contributed by atoms with Crippen molar-refractivity contribution in [3.05, 3.63) is 42.4 Å². The van der Waals surface area contributed by atoms with Crippen molar-refractivity contribution in [2.75, 3.05) is 25.0 Å². The number of carbonyl (C=O) groups is 1. The molecule has 1 fully saturated rings. The molecule has 0 saturated carbocycles. The summed E-state index contributed by atoms with van der Waals surface area (Å²) in [6.45, 7) is 5.55. The van der Waals surface area contributed by atoms with E-state index < -0.39 is 0 Å². The first-order chi connectivity index (χ1) is 12.8. The van der Waals surface area contributed by atoms with Crippen LogP contribution in [-0.4, -0.2) is 45.3 Å². The van der Waals surface area contributed by atoms with Crippen LogP contribution in [0, 0.1) is 0 Å². The lowest BCUT2D eigenvalue weighted by Crippen LogP contribution is -2.42. The molecule has 0 aromatic carbocycles. The van der Waals surface area contributed by atoms with Gasteiger partial charge in [0.2, 0.25) is 0 Å². The molecule has 1 aliphatic heterocycles. The molecule has 0 bridgehead atoms. The van der Waals surface area contributed by atoms with Gasteiger partial charge in [-0.1, -0.05) is 19.4 Å². The number of urea groups is 1. The van der Waals surface area contributed by atoms with Crippen LogP contribution in [0.1, 0.15) is 44.2 Å². The first kappa shape index (κ1) is 18.4. The van der Waals surface area contributed by atoms with Gasteiger partial charge in [0.25, 0.3) is 0 Å². The van der Waals surface area contributed by atoms with E-state index in [9.17, 15) is 4.79 Å². The average Bonchev–Trinajstić information content (AvgIpc) is 3.11. The van der Waals surface area contributed by atoms with E-state index in [2.05, 4.69) is 38.6 Å². The van der Waals surface area contributed by atoms with Crippen LogP contribution < -0.4 is 10.6 Å². The third-order valence-corrected chi connectivity index (χ3v) is 4.75. The quantitative estimate of drug-likeness (QED) is 0.800. The molecule has 3 rings (SSSR count). The minimum Gasteiger partial charge on any atom is -0.336 e. The van der Waals surface area contributed by atoms with E-state index in [0.717, 1.165) is 37.4 Å². The molecule has 140 valence electrons. The second-order valence-corrected chi connectivity index (χ2v) is 6.67. The maximum atomic E-state index is 12.4. The van der Waals surface area contributed by atoms with Crippen molar-refractivity contribution in [3.63, 3.8) is 0 Å². The molecule has 0 spiro atoms. The number of likely N-dealkylation sites (tertiary alicyclic amines) is 1. The van der Waals surface area contributed by atoms with Crippen molar-refractivity contribution in [1.29, 1.82) is 0 Å². The molecule has 2 N–H and O–H groups in total. The van der Waals surface area contributed by atoms with E-state index in [1.807, 2.05) is 23.0 Å². The normalized spacial score (nSPS) is 16.2.